The van der Waals surface area contributed by atoms with Crippen LogP contribution in [0.1, 0.15) is 41.8 Å². The van der Waals surface area contributed by atoms with Crippen molar-refractivity contribution >= 4 is 17.6 Å². The normalized spacial score (nSPS) is 11.5. The molecule has 0 aliphatic heterocycles. The molecular formula is C21H25NO4. The van der Waals surface area contributed by atoms with Crippen molar-refractivity contribution < 1.29 is 19.1 Å². The van der Waals surface area contributed by atoms with E-state index >= 15 is 0 Å². The molecule has 0 aromatic heterocycles. The number of ether oxygens (including phenoxy) is 2. The van der Waals surface area contributed by atoms with Crippen molar-refractivity contribution in [1.29, 1.82) is 0 Å². The molecule has 0 aliphatic carbocycles. The first-order valence-corrected chi connectivity index (χ1v) is 8.72. The topological polar surface area (TPSA) is 64.6 Å². The number of esters is 1. The van der Waals surface area contributed by atoms with Crippen LogP contribution in [0, 0.1) is 13.8 Å². The lowest BCUT2D eigenvalue weighted by atomic mass is 10.1. The number of hydrogen-bond donors (Lipinski definition) is 1. The first kappa shape index (κ1) is 19.5. The molecule has 0 aliphatic rings. The summed E-state index contributed by atoms with van der Waals surface area (Å²) < 4.78 is 10.9. The Morgan fingerprint density at radius 3 is 2.58 bits per heavy atom. The molecule has 1 unspecified atom stereocenters. The van der Waals surface area contributed by atoms with Crippen LogP contribution >= 0.6 is 0 Å². The van der Waals surface area contributed by atoms with Crippen LogP contribution in [-0.4, -0.2) is 24.6 Å². The maximum atomic E-state index is 12.4. The fourth-order valence-corrected chi connectivity index (χ4v) is 2.42. The lowest BCUT2D eigenvalue weighted by Gasteiger charge is -2.17. The SMILES string of the molecule is CCCOC(=O)c1cccc(NC(=O)C(C)Oc2ccc(C)cc2C)c1. The number of hydrogen-bond acceptors (Lipinski definition) is 4. The minimum atomic E-state index is -0.674. The molecule has 2 rings (SSSR count). The van der Waals surface area contributed by atoms with Crippen LogP contribution in [0.25, 0.3) is 0 Å². The second-order valence-electron chi connectivity index (χ2n) is 6.24. The van der Waals surface area contributed by atoms with Crippen LogP contribution in [-0.2, 0) is 9.53 Å². The van der Waals surface area contributed by atoms with Gasteiger partial charge in [-0.3, -0.25) is 4.79 Å². The molecule has 138 valence electrons. The molecule has 0 radical (unpaired) electrons. The highest BCUT2D eigenvalue weighted by molar-refractivity contribution is 5.96. The molecule has 5 nitrogen and oxygen atoms in total. The smallest absolute Gasteiger partial charge is 0.338 e. The van der Waals surface area contributed by atoms with Gasteiger partial charge in [-0.05, 0) is 57.0 Å². The van der Waals surface area contributed by atoms with E-state index in [1.807, 2.05) is 39.0 Å². The van der Waals surface area contributed by atoms with Crippen LogP contribution in [0.15, 0.2) is 42.5 Å². The van der Waals surface area contributed by atoms with Gasteiger partial charge in [-0.1, -0.05) is 30.7 Å². The monoisotopic (exact) mass is 355 g/mol. The van der Waals surface area contributed by atoms with Gasteiger partial charge in [0, 0.05) is 5.69 Å². The molecule has 2 aromatic rings. The van der Waals surface area contributed by atoms with Gasteiger partial charge in [0.1, 0.15) is 5.75 Å². The summed E-state index contributed by atoms with van der Waals surface area (Å²) >= 11 is 0. The van der Waals surface area contributed by atoms with Crippen LogP contribution in [0.4, 0.5) is 5.69 Å². The van der Waals surface area contributed by atoms with Gasteiger partial charge >= 0.3 is 5.97 Å². The molecule has 1 N–H and O–H groups in total. The van der Waals surface area contributed by atoms with Gasteiger partial charge < -0.3 is 14.8 Å². The third-order valence-corrected chi connectivity index (χ3v) is 3.81. The summed E-state index contributed by atoms with van der Waals surface area (Å²) in [5.41, 5.74) is 3.04. The van der Waals surface area contributed by atoms with Crippen molar-refractivity contribution in [2.45, 2.75) is 40.2 Å². The number of nitrogens with one attached hydrogen (secondary N) is 1. The number of aryl methyl sites for hydroxylation is 2. The van der Waals surface area contributed by atoms with E-state index in [1.54, 1.807) is 31.2 Å². The average molecular weight is 355 g/mol. The zero-order valence-corrected chi connectivity index (χ0v) is 15.7. The molecule has 0 heterocycles. The Morgan fingerprint density at radius 2 is 1.88 bits per heavy atom. The number of carbonyl (C=O) groups excluding carboxylic acids is 2. The third kappa shape index (κ3) is 5.34. The Bertz CT molecular complexity index is 785. The van der Waals surface area contributed by atoms with Crippen molar-refractivity contribution in [2.24, 2.45) is 0 Å². The van der Waals surface area contributed by atoms with Gasteiger partial charge in [-0.25, -0.2) is 4.79 Å². The van der Waals surface area contributed by atoms with Crippen LogP contribution < -0.4 is 10.1 Å². The number of anilines is 1. The molecule has 0 fully saturated rings. The van der Waals surface area contributed by atoms with Crippen molar-refractivity contribution in [3.63, 3.8) is 0 Å². The number of carbonyl (C=O) groups is 2. The summed E-state index contributed by atoms with van der Waals surface area (Å²) in [6, 6.07) is 12.5. The lowest BCUT2D eigenvalue weighted by Crippen LogP contribution is -2.30. The minimum absolute atomic E-state index is 0.288. The van der Waals surface area contributed by atoms with Gasteiger partial charge in [0.2, 0.25) is 0 Å². The fourth-order valence-electron chi connectivity index (χ4n) is 2.42. The molecule has 26 heavy (non-hydrogen) atoms. The predicted octanol–water partition coefficient (Wildman–Crippen LogP) is 4.28. The van der Waals surface area contributed by atoms with Crippen molar-refractivity contribution in [3.05, 3.63) is 59.2 Å². The first-order chi connectivity index (χ1) is 12.4. The quantitative estimate of drug-likeness (QED) is 0.753. The van der Waals surface area contributed by atoms with Crippen molar-refractivity contribution in [1.82, 2.24) is 0 Å². The molecule has 2 aromatic carbocycles. The van der Waals surface area contributed by atoms with Gasteiger partial charge in [0.05, 0.1) is 12.2 Å². The van der Waals surface area contributed by atoms with Gasteiger partial charge in [0.15, 0.2) is 6.10 Å². The van der Waals surface area contributed by atoms with Crippen LogP contribution in [0.5, 0.6) is 5.75 Å². The van der Waals surface area contributed by atoms with E-state index in [-0.39, 0.29) is 5.91 Å². The van der Waals surface area contributed by atoms with Crippen molar-refractivity contribution in [2.75, 3.05) is 11.9 Å². The van der Waals surface area contributed by atoms with Crippen molar-refractivity contribution in [3.8, 4) is 5.75 Å². The van der Waals surface area contributed by atoms with E-state index in [4.69, 9.17) is 9.47 Å². The Kier molecular flexibility index (Phi) is 6.78. The fraction of sp³-hybridized carbons (Fsp3) is 0.333. The van der Waals surface area contributed by atoms with Crippen LogP contribution in [0.2, 0.25) is 0 Å². The second-order valence-corrected chi connectivity index (χ2v) is 6.24. The van der Waals surface area contributed by atoms with Gasteiger partial charge in [-0.2, -0.15) is 0 Å². The molecule has 0 spiro atoms. The molecule has 1 amide bonds. The van der Waals surface area contributed by atoms with Gasteiger partial charge in [-0.15, -0.1) is 0 Å². The molecule has 0 saturated heterocycles. The Hall–Kier alpha value is -2.82. The van der Waals surface area contributed by atoms with E-state index in [9.17, 15) is 9.59 Å². The van der Waals surface area contributed by atoms with Gasteiger partial charge in [0.25, 0.3) is 5.91 Å². The molecule has 0 bridgehead atoms. The highest BCUT2D eigenvalue weighted by atomic mass is 16.5. The van der Waals surface area contributed by atoms with E-state index in [0.717, 1.165) is 17.5 Å². The van der Waals surface area contributed by atoms with E-state index < -0.39 is 12.1 Å². The average Bonchev–Trinajstić information content (AvgIpc) is 2.62. The zero-order valence-electron chi connectivity index (χ0n) is 15.7. The van der Waals surface area contributed by atoms with E-state index in [2.05, 4.69) is 5.32 Å². The summed E-state index contributed by atoms with van der Waals surface area (Å²) in [6.45, 7) is 7.94. The molecular weight excluding hydrogens is 330 g/mol. The highest BCUT2D eigenvalue weighted by Gasteiger charge is 2.17. The Balaban J connectivity index is 2.01. The summed E-state index contributed by atoms with van der Waals surface area (Å²) in [7, 11) is 0. The first-order valence-electron chi connectivity index (χ1n) is 8.72. The third-order valence-electron chi connectivity index (χ3n) is 3.81. The standard InChI is InChI=1S/C21H25NO4/c1-5-11-25-21(24)17-7-6-8-18(13-17)22-20(23)16(4)26-19-10-9-14(2)12-15(19)3/h6-10,12-13,16H,5,11H2,1-4H3,(H,22,23). The summed E-state index contributed by atoms with van der Waals surface area (Å²) in [5, 5.41) is 2.77. The molecule has 1 atom stereocenters. The largest absolute Gasteiger partial charge is 0.481 e. The second kappa shape index (κ2) is 9.04. The van der Waals surface area contributed by atoms with E-state index in [0.29, 0.717) is 23.6 Å². The van der Waals surface area contributed by atoms with E-state index in [1.165, 1.54) is 0 Å². The maximum absolute atomic E-state index is 12.4. The zero-order chi connectivity index (χ0) is 19.1. The number of benzene rings is 2. The summed E-state index contributed by atoms with van der Waals surface area (Å²) in [4.78, 5) is 24.3. The predicted molar refractivity (Wildman–Crippen MR) is 102 cm³/mol. The Labute approximate surface area is 154 Å². The maximum Gasteiger partial charge on any atom is 0.338 e. The van der Waals surface area contributed by atoms with Crippen LogP contribution in [0.3, 0.4) is 0 Å². The number of amides is 1. The highest BCUT2D eigenvalue weighted by Crippen LogP contribution is 2.20. The lowest BCUT2D eigenvalue weighted by molar-refractivity contribution is -0.122. The minimum Gasteiger partial charge on any atom is -0.481 e. The Morgan fingerprint density at radius 1 is 1.12 bits per heavy atom. The summed E-state index contributed by atoms with van der Waals surface area (Å²) in [5.74, 6) is -0.0123. The molecule has 5 heteroatoms. The number of rotatable bonds is 7. The molecule has 0 saturated carbocycles. The summed E-state index contributed by atoms with van der Waals surface area (Å²) in [6.07, 6.45) is 0.0854.